The average molecular weight is 169 g/mol. The molecule has 3 heteroatoms. The van der Waals surface area contributed by atoms with Crippen molar-refractivity contribution in [2.24, 2.45) is 4.99 Å². The van der Waals surface area contributed by atoms with Gasteiger partial charge in [0.2, 0.25) is 5.69 Å². The molecule has 1 aliphatic rings. The van der Waals surface area contributed by atoms with Crippen LogP contribution in [0.3, 0.4) is 0 Å². The first-order chi connectivity index (χ1) is 4.86. The van der Waals surface area contributed by atoms with E-state index in [0.29, 0.717) is 0 Å². The first-order valence-electron chi connectivity index (χ1n) is 2.78. The number of aliphatic imine (C=N–C) groups is 1. The molecule has 0 N–H and O–H groups in total. The minimum Gasteiger partial charge on any atom is -0.0842 e. The molecular weight excluding hydrogens is 166 g/mol. The molecule has 1 aromatic carbocycles. The van der Waals surface area contributed by atoms with Crippen LogP contribution in [0.5, 0.6) is 0 Å². The summed E-state index contributed by atoms with van der Waals surface area (Å²) in [6, 6.07) is 5.62. The minimum atomic E-state index is 0.755. The highest BCUT2D eigenvalue weighted by Gasteiger charge is 2.19. The monoisotopic (exact) mass is 168 g/mol. The van der Waals surface area contributed by atoms with Crippen LogP contribution in [0.4, 0.5) is 5.69 Å². The van der Waals surface area contributed by atoms with E-state index in [-0.39, 0.29) is 0 Å². The van der Waals surface area contributed by atoms with Gasteiger partial charge in [-0.2, -0.15) is 0 Å². The van der Waals surface area contributed by atoms with Crippen molar-refractivity contribution >= 4 is 34.6 Å². The fourth-order valence-electron chi connectivity index (χ4n) is 0.783. The summed E-state index contributed by atoms with van der Waals surface area (Å²) in [7, 11) is 0. The van der Waals surface area contributed by atoms with Gasteiger partial charge in [-0.15, -0.1) is 0 Å². The Labute approximate surface area is 68.1 Å². The van der Waals surface area contributed by atoms with Gasteiger partial charge in [-0.3, -0.25) is 0 Å². The van der Waals surface area contributed by atoms with Crippen LogP contribution in [0, 0.1) is 0 Å². The largest absolute Gasteiger partial charge is 0.272 e. The van der Waals surface area contributed by atoms with Gasteiger partial charge in [-0.05, 0) is 12.1 Å². The summed E-state index contributed by atoms with van der Waals surface area (Å²) in [5.74, 6) is 0. The zero-order valence-electron chi connectivity index (χ0n) is 4.97. The van der Waals surface area contributed by atoms with Gasteiger partial charge < -0.3 is 0 Å². The minimum absolute atomic E-state index is 0.755. The molecule has 0 unspecified atom stereocenters. The van der Waals surface area contributed by atoms with Crippen LogP contribution in [-0.2, 0) is 0 Å². The Kier molecular flexibility index (Phi) is 1.38. The van der Waals surface area contributed by atoms with E-state index in [9.17, 15) is 0 Å². The summed E-state index contributed by atoms with van der Waals surface area (Å²) in [6.45, 7) is 0. The van der Waals surface area contributed by atoms with Crippen LogP contribution < -0.4 is 0 Å². The Morgan fingerprint density at radius 2 is 2.40 bits per heavy atom. The highest BCUT2D eigenvalue weighted by atomic mass is 35.5. The Bertz CT molecular complexity index is 296. The van der Waals surface area contributed by atoms with E-state index in [1.54, 1.807) is 0 Å². The summed E-state index contributed by atoms with van der Waals surface area (Å²) in [5, 5.41) is 0.755. The van der Waals surface area contributed by atoms with Gasteiger partial charge in [0.05, 0.1) is 6.07 Å². The number of thioether (sulfide) groups is 1. The maximum Gasteiger partial charge on any atom is 0.272 e. The van der Waals surface area contributed by atoms with E-state index in [0.717, 1.165) is 15.6 Å². The number of benzene rings is 1. The molecule has 1 heterocycles. The standard InChI is InChI=1S/C7H3ClNS/c8-5-1-2-6-7(3-5)10-4-9-6/h1-3H/q+1. The van der Waals surface area contributed by atoms with Crippen molar-refractivity contribution in [3.8, 4) is 0 Å². The summed E-state index contributed by atoms with van der Waals surface area (Å²) in [5.41, 5.74) is 3.76. The third-order valence-corrected chi connectivity index (χ3v) is 2.21. The topological polar surface area (TPSA) is 12.4 Å². The number of rotatable bonds is 0. The number of fused-ring (bicyclic) bond motifs is 1. The molecule has 0 saturated carbocycles. The highest BCUT2D eigenvalue weighted by molar-refractivity contribution is 8.12. The summed E-state index contributed by atoms with van der Waals surface area (Å²) >= 11 is 7.22. The first-order valence-corrected chi connectivity index (χ1v) is 3.98. The van der Waals surface area contributed by atoms with E-state index in [1.165, 1.54) is 11.8 Å². The molecule has 0 atom stereocenters. The molecule has 1 aromatic rings. The Morgan fingerprint density at radius 3 is 3.30 bits per heavy atom. The lowest BCUT2D eigenvalue weighted by Crippen LogP contribution is -1.66. The quantitative estimate of drug-likeness (QED) is 0.543. The number of hydrogen-bond donors (Lipinski definition) is 0. The van der Waals surface area contributed by atoms with Crippen LogP contribution in [0.2, 0.25) is 5.02 Å². The highest BCUT2D eigenvalue weighted by Crippen LogP contribution is 2.35. The molecule has 10 heavy (non-hydrogen) atoms. The van der Waals surface area contributed by atoms with E-state index >= 15 is 0 Å². The molecule has 0 aromatic heterocycles. The van der Waals surface area contributed by atoms with Crippen molar-refractivity contribution in [1.29, 1.82) is 0 Å². The summed E-state index contributed by atoms with van der Waals surface area (Å²) in [4.78, 5) is 5.08. The van der Waals surface area contributed by atoms with Gasteiger partial charge in [0.15, 0.2) is 4.90 Å². The molecule has 0 radical (unpaired) electrons. The van der Waals surface area contributed by atoms with E-state index in [2.05, 4.69) is 10.5 Å². The SMILES string of the molecule is Clc1ccc2c(c1)S[C+]=N2. The first kappa shape index (κ1) is 6.17. The van der Waals surface area contributed by atoms with Crippen LogP contribution in [0.25, 0.3) is 0 Å². The zero-order chi connectivity index (χ0) is 6.97. The van der Waals surface area contributed by atoms with Gasteiger partial charge in [-0.1, -0.05) is 11.6 Å². The third-order valence-electron chi connectivity index (χ3n) is 1.24. The summed E-state index contributed by atoms with van der Waals surface area (Å²) < 4.78 is 0. The van der Waals surface area contributed by atoms with Crippen molar-refractivity contribution < 1.29 is 0 Å². The normalized spacial score (nSPS) is 12.9. The molecule has 0 fully saturated rings. The van der Waals surface area contributed by atoms with Gasteiger partial charge in [0, 0.05) is 10.0 Å². The lowest BCUT2D eigenvalue weighted by atomic mass is 10.3. The lowest BCUT2D eigenvalue weighted by molar-refractivity contribution is 1.41. The maximum absolute atomic E-state index is 5.74. The molecule has 1 aliphatic heterocycles. The molecule has 0 saturated heterocycles. The van der Waals surface area contributed by atoms with Gasteiger partial charge >= 0.3 is 0 Å². The van der Waals surface area contributed by atoms with Crippen molar-refractivity contribution in [2.75, 3.05) is 0 Å². The molecule has 0 spiro atoms. The molecule has 48 valence electrons. The molecule has 1 nitrogen and oxygen atoms in total. The fourth-order valence-corrected chi connectivity index (χ4v) is 1.67. The van der Waals surface area contributed by atoms with Gasteiger partial charge in [0.25, 0.3) is 5.55 Å². The lowest BCUT2D eigenvalue weighted by Gasteiger charge is -1.85. The predicted octanol–water partition coefficient (Wildman–Crippen LogP) is 2.98. The van der Waals surface area contributed by atoms with Crippen molar-refractivity contribution in [3.05, 3.63) is 23.2 Å². The average Bonchev–Trinajstić information content (AvgIpc) is 2.33. The molecular formula is C7H3ClNS+. The number of nitrogens with zero attached hydrogens (tertiary/aromatic N) is 1. The van der Waals surface area contributed by atoms with Gasteiger partial charge in [-0.25, -0.2) is 0 Å². The smallest absolute Gasteiger partial charge is 0.0842 e. The number of hydrogen-bond acceptors (Lipinski definition) is 2. The Balaban J connectivity index is 2.59. The predicted molar refractivity (Wildman–Crippen MR) is 44.4 cm³/mol. The molecule has 2 rings (SSSR count). The summed E-state index contributed by atoms with van der Waals surface area (Å²) in [6.07, 6.45) is 0. The van der Waals surface area contributed by atoms with Crippen LogP contribution in [0.15, 0.2) is 28.1 Å². The second kappa shape index (κ2) is 2.24. The molecule has 0 bridgehead atoms. The Hall–Kier alpha value is -0.560. The van der Waals surface area contributed by atoms with Crippen molar-refractivity contribution in [1.82, 2.24) is 0 Å². The van der Waals surface area contributed by atoms with Crippen LogP contribution in [-0.4, -0.2) is 5.55 Å². The van der Waals surface area contributed by atoms with Crippen LogP contribution in [0.1, 0.15) is 0 Å². The third kappa shape index (κ3) is 0.907. The number of halogens is 1. The molecule has 0 amide bonds. The second-order valence-corrected chi connectivity index (χ2v) is 3.18. The zero-order valence-corrected chi connectivity index (χ0v) is 6.54. The van der Waals surface area contributed by atoms with Crippen molar-refractivity contribution in [2.45, 2.75) is 4.90 Å². The van der Waals surface area contributed by atoms with Crippen LogP contribution >= 0.6 is 23.4 Å². The second-order valence-electron chi connectivity index (χ2n) is 1.92. The fraction of sp³-hybridized carbons (Fsp3) is 0. The van der Waals surface area contributed by atoms with E-state index in [4.69, 9.17) is 11.6 Å². The van der Waals surface area contributed by atoms with E-state index in [1.807, 2.05) is 18.2 Å². The maximum atomic E-state index is 5.74. The Morgan fingerprint density at radius 1 is 1.50 bits per heavy atom. The molecule has 0 aliphatic carbocycles. The van der Waals surface area contributed by atoms with Gasteiger partial charge in [0.1, 0.15) is 11.8 Å². The van der Waals surface area contributed by atoms with E-state index < -0.39 is 0 Å². The van der Waals surface area contributed by atoms with Crippen molar-refractivity contribution in [3.63, 3.8) is 0 Å².